The minimum absolute atomic E-state index is 0.114. The lowest BCUT2D eigenvalue weighted by Gasteiger charge is -2.38. The molecule has 136 valence electrons. The molecule has 1 saturated heterocycles. The fourth-order valence-corrected chi connectivity index (χ4v) is 3.63. The van der Waals surface area contributed by atoms with E-state index in [0.29, 0.717) is 12.8 Å². The van der Waals surface area contributed by atoms with Crippen molar-refractivity contribution in [3.8, 4) is 0 Å². The van der Waals surface area contributed by atoms with Crippen molar-refractivity contribution in [3.05, 3.63) is 35.6 Å². The van der Waals surface area contributed by atoms with Gasteiger partial charge in [0.05, 0.1) is 11.1 Å². The van der Waals surface area contributed by atoms with E-state index in [1.54, 1.807) is 12.1 Å². The first kappa shape index (κ1) is 17.9. The number of piperidine rings is 1. The Morgan fingerprint density at radius 2 is 2.04 bits per heavy atom. The first-order valence-electron chi connectivity index (χ1n) is 8.99. The highest BCUT2D eigenvalue weighted by atomic mass is 19.1. The SMILES string of the molecule is CC(C)NC(=O)C1(CC2CC(c3ccc(F)cc3)=NO2)CCNCC1. The molecular weight excluding hydrogens is 321 g/mol. The van der Waals surface area contributed by atoms with E-state index < -0.39 is 5.41 Å². The van der Waals surface area contributed by atoms with Crippen LogP contribution in [0, 0.1) is 11.2 Å². The predicted octanol–water partition coefficient (Wildman–Crippen LogP) is 2.60. The topological polar surface area (TPSA) is 62.7 Å². The van der Waals surface area contributed by atoms with Gasteiger partial charge in [0.1, 0.15) is 11.9 Å². The molecule has 25 heavy (non-hydrogen) atoms. The number of hydrogen-bond donors (Lipinski definition) is 2. The quantitative estimate of drug-likeness (QED) is 0.861. The van der Waals surface area contributed by atoms with Crippen molar-refractivity contribution in [3.63, 3.8) is 0 Å². The summed E-state index contributed by atoms with van der Waals surface area (Å²) in [6.45, 7) is 5.64. The summed E-state index contributed by atoms with van der Waals surface area (Å²) in [5.41, 5.74) is 1.28. The Balaban J connectivity index is 1.67. The summed E-state index contributed by atoms with van der Waals surface area (Å²) in [5, 5.41) is 10.6. The average Bonchev–Trinajstić information content (AvgIpc) is 3.04. The molecule has 5 nitrogen and oxygen atoms in total. The van der Waals surface area contributed by atoms with Crippen molar-refractivity contribution in [2.45, 2.75) is 51.7 Å². The number of carbonyl (C=O) groups excluding carboxylic acids is 1. The van der Waals surface area contributed by atoms with Crippen molar-refractivity contribution in [1.82, 2.24) is 10.6 Å². The van der Waals surface area contributed by atoms with Crippen LogP contribution < -0.4 is 10.6 Å². The summed E-state index contributed by atoms with van der Waals surface area (Å²) >= 11 is 0. The highest BCUT2D eigenvalue weighted by Crippen LogP contribution is 2.37. The van der Waals surface area contributed by atoms with E-state index in [4.69, 9.17) is 4.84 Å². The number of halogens is 1. The molecule has 1 atom stereocenters. The molecule has 3 rings (SSSR count). The Labute approximate surface area is 148 Å². The Morgan fingerprint density at radius 3 is 2.68 bits per heavy atom. The molecule has 2 N–H and O–H groups in total. The number of carbonyl (C=O) groups is 1. The largest absolute Gasteiger partial charge is 0.392 e. The lowest BCUT2D eigenvalue weighted by molar-refractivity contribution is -0.135. The van der Waals surface area contributed by atoms with Gasteiger partial charge in [-0.15, -0.1) is 0 Å². The maximum atomic E-state index is 13.1. The van der Waals surface area contributed by atoms with Crippen LogP contribution in [0.4, 0.5) is 4.39 Å². The third-order valence-electron chi connectivity index (χ3n) is 4.99. The monoisotopic (exact) mass is 347 g/mol. The first-order valence-corrected chi connectivity index (χ1v) is 8.99. The first-order chi connectivity index (χ1) is 12.0. The molecule has 0 bridgehead atoms. The normalized spacial score (nSPS) is 22.4. The molecule has 0 saturated carbocycles. The number of benzene rings is 1. The van der Waals surface area contributed by atoms with Crippen LogP contribution in [-0.4, -0.2) is 36.9 Å². The molecule has 1 fully saturated rings. The Morgan fingerprint density at radius 1 is 1.36 bits per heavy atom. The van der Waals surface area contributed by atoms with Gasteiger partial charge < -0.3 is 15.5 Å². The summed E-state index contributed by atoms with van der Waals surface area (Å²) in [6.07, 6.45) is 2.79. The molecule has 2 heterocycles. The van der Waals surface area contributed by atoms with Crippen LogP contribution in [0.2, 0.25) is 0 Å². The molecule has 0 aliphatic carbocycles. The maximum Gasteiger partial charge on any atom is 0.226 e. The van der Waals surface area contributed by atoms with Crippen LogP contribution in [-0.2, 0) is 9.63 Å². The van der Waals surface area contributed by atoms with Gasteiger partial charge in [-0.1, -0.05) is 17.3 Å². The molecule has 1 aromatic rings. The Kier molecular flexibility index (Phi) is 5.37. The fourth-order valence-electron chi connectivity index (χ4n) is 3.63. The lowest BCUT2D eigenvalue weighted by atomic mass is 9.73. The molecule has 6 heteroatoms. The smallest absolute Gasteiger partial charge is 0.226 e. The summed E-state index contributed by atoms with van der Waals surface area (Å²) in [7, 11) is 0. The number of oxime groups is 1. The third-order valence-corrected chi connectivity index (χ3v) is 4.99. The Bertz CT molecular complexity index is 637. The molecule has 2 aliphatic heterocycles. The van der Waals surface area contributed by atoms with Crippen molar-refractivity contribution in [1.29, 1.82) is 0 Å². The van der Waals surface area contributed by atoms with Gasteiger partial charge in [-0.25, -0.2) is 4.39 Å². The molecule has 1 amide bonds. The molecule has 0 aromatic heterocycles. The van der Waals surface area contributed by atoms with Crippen LogP contribution in [0.1, 0.15) is 45.1 Å². The number of nitrogens with zero attached hydrogens (tertiary/aromatic N) is 1. The van der Waals surface area contributed by atoms with E-state index in [2.05, 4.69) is 15.8 Å². The van der Waals surface area contributed by atoms with Crippen LogP contribution in [0.25, 0.3) is 0 Å². The van der Waals surface area contributed by atoms with E-state index in [-0.39, 0.29) is 23.9 Å². The summed E-state index contributed by atoms with van der Waals surface area (Å²) in [6, 6.07) is 6.40. The highest BCUT2D eigenvalue weighted by Gasteiger charge is 2.43. The number of amides is 1. The number of hydrogen-bond acceptors (Lipinski definition) is 4. The van der Waals surface area contributed by atoms with Crippen molar-refractivity contribution < 1.29 is 14.0 Å². The molecule has 1 aromatic carbocycles. The fraction of sp³-hybridized carbons (Fsp3) is 0.579. The van der Waals surface area contributed by atoms with Gasteiger partial charge in [0, 0.05) is 18.9 Å². The van der Waals surface area contributed by atoms with Crippen LogP contribution in [0.3, 0.4) is 0 Å². The average molecular weight is 347 g/mol. The predicted molar refractivity (Wildman–Crippen MR) is 94.9 cm³/mol. The van der Waals surface area contributed by atoms with Crippen molar-refractivity contribution >= 4 is 11.6 Å². The van der Waals surface area contributed by atoms with Crippen LogP contribution in [0.15, 0.2) is 29.4 Å². The van der Waals surface area contributed by atoms with E-state index >= 15 is 0 Å². The van der Waals surface area contributed by atoms with Gasteiger partial charge in [-0.05, 0) is 57.5 Å². The van der Waals surface area contributed by atoms with Gasteiger partial charge in [-0.2, -0.15) is 0 Å². The van der Waals surface area contributed by atoms with Crippen molar-refractivity contribution in [2.24, 2.45) is 10.6 Å². The molecule has 0 spiro atoms. The molecular formula is C19H26FN3O2. The van der Waals surface area contributed by atoms with E-state index in [9.17, 15) is 9.18 Å². The van der Waals surface area contributed by atoms with Gasteiger partial charge in [0.15, 0.2) is 0 Å². The van der Waals surface area contributed by atoms with Gasteiger partial charge in [0.25, 0.3) is 0 Å². The molecule has 1 unspecified atom stereocenters. The summed E-state index contributed by atoms with van der Waals surface area (Å²) in [4.78, 5) is 18.5. The van der Waals surface area contributed by atoms with E-state index in [1.165, 1.54) is 12.1 Å². The second-order valence-electron chi connectivity index (χ2n) is 7.34. The maximum absolute atomic E-state index is 13.1. The summed E-state index contributed by atoms with van der Waals surface area (Å²) < 4.78 is 13.1. The van der Waals surface area contributed by atoms with Gasteiger partial charge >= 0.3 is 0 Å². The van der Waals surface area contributed by atoms with Crippen LogP contribution >= 0.6 is 0 Å². The van der Waals surface area contributed by atoms with Gasteiger partial charge in [-0.3, -0.25) is 4.79 Å². The second kappa shape index (κ2) is 7.52. The van der Waals surface area contributed by atoms with E-state index in [0.717, 1.165) is 37.2 Å². The minimum Gasteiger partial charge on any atom is -0.392 e. The minimum atomic E-state index is -0.409. The summed E-state index contributed by atoms with van der Waals surface area (Å²) in [5.74, 6) is -0.151. The zero-order chi connectivity index (χ0) is 17.9. The van der Waals surface area contributed by atoms with Crippen molar-refractivity contribution in [2.75, 3.05) is 13.1 Å². The van der Waals surface area contributed by atoms with Gasteiger partial charge in [0.2, 0.25) is 5.91 Å². The zero-order valence-electron chi connectivity index (χ0n) is 14.8. The highest BCUT2D eigenvalue weighted by molar-refractivity contribution is 6.01. The molecule has 0 radical (unpaired) electrons. The standard InChI is InChI=1S/C19H26FN3O2/c1-13(2)22-18(24)19(7-9-21-10-8-19)12-16-11-17(23-25-16)14-3-5-15(20)6-4-14/h3-6,13,16,21H,7-12H2,1-2H3,(H,22,24). The Hall–Kier alpha value is -1.95. The second-order valence-corrected chi connectivity index (χ2v) is 7.34. The number of nitrogens with one attached hydrogen (secondary N) is 2. The number of rotatable bonds is 5. The lowest BCUT2D eigenvalue weighted by Crippen LogP contribution is -2.50. The molecule has 2 aliphatic rings. The third kappa shape index (κ3) is 4.18. The zero-order valence-corrected chi connectivity index (χ0v) is 14.8. The van der Waals surface area contributed by atoms with Crippen LogP contribution in [0.5, 0.6) is 0 Å². The van der Waals surface area contributed by atoms with E-state index in [1.807, 2.05) is 13.8 Å².